The van der Waals surface area contributed by atoms with Crippen molar-refractivity contribution in [1.82, 2.24) is 14.5 Å². The number of aromatic nitrogens is 2. The van der Waals surface area contributed by atoms with Gasteiger partial charge >= 0.3 is 0 Å². The zero-order valence-electron chi connectivity index (χ0n) is 12.5. The summed E-state index contributed by atoms with van der Waals surface area (Å²) in [6.07, 6.45) is 4.24. The third-order valence-corrected chi connectivity index (χ3v) is 4.94. The van der Waals surface area contributed by atoms with Crippen LogP contribution in [0.15, 0.2) is 78.0 Å². The first-order valence-corrected chi connectivity index (χ1v) is 8.77. The van der Waals surface area contributed by atoms with E-state index < -0.39 is 10.0 Å². The summed E-state index contributed by atoms with van der Waals surface area (Å²) in [7, 11) is -3.44. The Bertz CT molecular complexity index is 843. The number of nitrogens with one attached hydrogen (secondary N) is 1. The molecule has 0 fully saturated rings. The van der Waals surface area contributed by atoms with Gasteiger partial charge in [0, 0.05) is 18.9 Å². The zero-order chi connectivity index (χ0) is 16.1. The van der Waals surface area contributed by atoms with Gasteiger partial charge in [0.1, 0.15) is 0 Å². The van der Waals surface area contributed by atoms with Gasteiger partial charge < -0.3 is 0 Å². The van der Waals surface area contributed by atoms with Crippen LogP contribution in [0, 0.1) is 0 Å². The van der Waals surface area contributed by atoms with Crippen molar-refractivity contribution in [3.63, 3.8) is 0 Å². The third-order valence-electron chi connectivity index (χ3n) is 3.46. The van der Waals surface area contributed by atoms with Crippen LogP contribution >= 0.6 is 0 Å². The first kappa shape index (κ1) is 15.5. The summed E-state index contributed by atoms with van der Waals surface area (Å²) in [6, 6.07) is 18.1. The van der Waals surface area contributed by atoms with E-state index in [-0.39, 0.29) is 4.90 Å². The molecule has 0 saturated heterocycles. The Labute approximate surface area is 135 Å². The van der Waals surface area contributed by atoms with E-state index in [9.17, 15) is 8.42 Å². The summed E-state index contributed by atoms with van der Waals surface area (Å²) in [5.74, 6) is 0. The lowest BCUT2D eigenvalue weighted by Gasteiger charge is -2.07. The van der Waals surface area contributed by atoms with Gasteiger partial charge in [0.25, 0.3) is 0 Å². The molecular formula is C17H17N3O2S. The number of sulfonamides is 1. The quantitative estimate of drug-likeness (QED) is 0.756. The summed E-state index contributed by atoms with van der Waals surface area (Å²) in [4.78, 5) is 0.286. The molecule has 2 aromatic carbocycles. The molecule has 0 bridgehead atoms. The Morgan fingerprint density at radius 3 is 2.35 bits per heavy atom. The summed E-state index contributed by atoms with van der Waals surface area (Å²) in [6.45, 7) is 0.359. The second-order valence-corrected chi connectivity index (χ2v) is 6.84. The van der Waals surface area contributed by atoms with Gasteiger partial charge in [0.05, 0.1) is 10.6 Å². The SMILES string of the molecule is O=S(=O)(NCCc1ccc(-n2cccn2)cc1)c1ccccc1. The van der Waals surface area contributed by atoms with Gasteiger partial charge in [0.15, 0.2) is 0 Å². The molecule has 0 spiro atoms. The Balaban J connectivity index is 1.59. The highest BCUT2D eigenvalue weighted by Crippen LogP contribution is 2.10. The lowest BCUT2D eigenvalue weighted by atomic mass is 10.1. The van der Waals surface area contributed by atoms with E-state index in [1.54, 1.807) is 41.2 Å². The Kier molecular flexibility index (Phi) is 4.55. The van der Waals surface area contributed by atoms with Crippen LogP contribution < -0.4 is 4.72 Å². The van der Waals surface area contributed by atoms with Crippen LogP contribution in [0.2, 0.25) is 0 Å². The van der Waals surface area contributed by atoms with E-state index in [2.05, 4.69) is 9.82 Å². The van der Waals surface area contributed by atoms with Gasteiger partial charge in [-0.15, -0.1) is 0 Å². The predicted octanol–water partition coefficient (Wildman–Crippen LogP) is 2.39. The Hall–Kier alpha value is -2.44. The summed E-state index contributed by atoms with van der Waals surface area (Å²) in [5, 5.41) is 4.17. The molecule has 0 radical (unpaired) electrons. The topological polar surface area (TPSA) is 64.0 Å². The molecule has 0 aliphatic carbocycles. The second-order valence-electron chi connectivity index (χ2n) is 5.08. The standard InChI is InChI=1S/C17H17N3O2S/c21-23(22,17-5-2-1-3-6-17)19-13-11-15-7-9-16(10-8-15)20-14-4-12-18-20/h1-10,12,14,19H,11,13H2. The highest BCUT2D eigenvalue weighted by molar-refractivity contribution is 7.89. The molecule has 0 atom stereocenters. The second kappa shape index (κ2) is 6.76. The fraction of sp³-hybridized carbons (Fsp3) is 0.118. The van der Waals surface area contributed by atoms with Gasteiger partial charge in [-0.05, 0) is 42.3 Å². The number of rotatable bonds is 6. The summed E-state index contributed by atoms with van der Waals surface area (Å²) < 4.78 is 28.6. The normalized spacial score (nSPS) is 11.5. The number of benzene rings is 2. The first-order valence-electron chi connectivity index (χ1n) is 7.29. The minimum atomic E-state index is -3.44. The molecule has 118 valence electrons. The predicted molar refractivity (Wildman–Crippen MR) is 88.9 cm³/mol. The summed E-state index contributed by atoms with van der Waals surface area (Å²) >= 11 is 0. The van der Waals surface area contributed by atoms with Crippen LogP contribution in [0.1, 0.15) is 5.56 Å². The minimum Gasteiger partial charge on any atom is -0.241 e. The highest BCUT2D eigenvalue weighted by Gasteiger charge is 2.12. The van der Waals surface area contributed by atoms with Gasteiger partial charge in [-0.25, -0.2) is 17.8 Å². The molecule has 6 heteroatoms. The van der Waals surface area contributed by atoms with Crippen LogP contribution in [0.4, 0.5) is 0 Å². The molecule has 0 aliphatic rings. The third kappa shape index (κ3) is 3.85. The van der Waals surface area contributed by atoms with Crippen LogP contribution in [0.25, 0.3) is 5.69 Å². The van der Waals surface area contributed by atoms with Crippen molar-refractivity contribution >= 4 is 10.0 Å². The van der Waals surface area contributed by atoms with Crippen molar-refractivity contribution in [1.29, 1.82) is 0 Å². The summed E-state index contributed by atoms with van der Waals surface area (Å²) in [5.41, 5.74) is 2.04. The minimum absolute atomic E-state index is 0.286. The monoisotopic (exact) mass is 327 g/mol. The number of hydrogen-bond donors (Lipinski definition) is 1. The van der Waals surface area contributed by atoms with Crippen molar-refractivity contribution in [2.75, 3.05) is 6.54 Å². The maximum absolute atomic E-state index is 12.1. The lowest BCUT2D eigenvalue weighted by molar-refractivity contribution is 0.581. The molecule has 23 heavy (non-hydrogen) atoms. The zero-order valence-corrected chi connectivity index (χ0v) is 13.3. The van der Waals surface area contributed by atoms with E-state index in [0.29, 0.717) is 13.0 Å². The van der Waals surface area contributed by atoms with Crippen molar-refractivity contribution in [3.05, 3.63) is 78.6 Å². The Morgan fingerprint density at radius 1 is 0.957 bits per heavy atom. The van der Waals surface area contributed by atoms with E-state index in [1.165, 1.54) is 0 Å². The van der Waals surface area contributed by atoms with Crippen molar-refractivity contribution in [2.45, 2.75) is 11.3 Å². The number of hydrogen-bond acceptors (Lipinski definition) is 3. The largest absolute Gasteiger partial charge is 0.241 e. The van der Waals surface area contributed by atoms with E-state index >= 15 is 0 Å². The Morgan fingerprint density at radius 2 is 1.70 bits per heavy atom. The molecule has 1 heterocycles. The lowest BCUT2D eigenvalue weighted by Crippen LogP contribution is -2.25. The van der Waals surface area contributed by atoms with Gasteiger partial charge in [-0.3, -0.25) is 0 Å². The van der Waals surface area contributed by atoms with Gasteiger partial charge in [-0.2, -0.15) is 5.10 Å². The maximum Gasteiger partial charge on any atom is 0.240 e. The molecule has 1 aromatic heterocycles. The molecular weight excluding hydrogens is 310 g/mol. The molecule has 1 N–H and O–H groups in total. The molecule has 3 rings (SSSR count). The molecule has 3 aromatic rings. The van der Waals surface area contributed by atoms with Crippen LogP contribution in [-0.2, 0) is 16.4 Å². The fourth-order valence-electron chi connectivity index (χ4n) is 2.25. The maximum atomic E-state index is 12.1. The van der Waals surface area contributed by atoms with E-state index in [1.807, 2.05) is 36.5 Å². The van der Waals surface area contributed by atoms with Crippen molar-refractivity contribution in [2.24, 2.45) is 0 Å². The average Bonchev–Trinajstić information content (AvgIpc) is 3.11. The van der Waals surface area contributed by atoms with E-state index in [4.69, 9.17) is 0 Å². The van der Waals surface area contributed by atoms with Gasteiger partial charge in [0.2, 0.25) is 10.0 Å². The fourth-order valence-corrected chi connectivity index (χ4v) is 3.30. The molecule has 0 unspecified atom stereocenters. The molecule has 0 amide bonds. The highest BCUT2D eigenvalue weighted by atomic mass is 32.2. The molecule has 0 saturated carbocycles. The van der Waals surface area contributed by atoms with Crippen molar-refractivity contribution < 1.29 is 8.42 Å². The first-order chi connectivity index (χ1) is 11.1. The van der Waals surface area contributed by atoms with Crippen LogP contribution in [0.5, 0.6) is 0 Å². The number of nitrogens with zero attached hydrogens (tertiary/aromatic N) is 2. The van der Waals surface area contributed by atoms with Crippen LogP contribution in [-0.4, -0.2) is 24.7 Å². The average molecular weight is 327 g/mol. The van der Waals surface area contributed by atoms with Gasteiger partial charge in [-0.1, -0.05) is 30.3 Å². The molecule has 5 nitrogen and oxygen atoms in total. The molecule has 0 aliphatic heterocycles. The van der Waals surface area contributed by atoms with E-state index in [0.717, 1.165) is 11.3 Å². The van der Waals surface area contributed by atoms with Crippen molar-refractivity contribution in [3.8, 4) is 5.69 Å². The van der Waals surface area contributed by atoms with Crippen LogP contribution in [0.3, 0.4) is 0 Å². The smallest absolute Gasteiger partial charge is 0.240 e.